The maximum atomic E-state index is 12.5. The Bertz CT molecular complexity index is 905. The predicted molar refractivity (Wildman–Crippen MR) is 98.3 cm³/mol. The van der Waals surface area contributed by atoms with Crippen LogP contribution in [-0.2, 0) is 0 Å². The number of nitrogens with one attached hydrogen (secondary N) is 3. The van der Waals surface area contributed by atoms with Gasteiger partial charge in [0.05, 0.1) is 14.2 Å². The molecule has 1 amide bonds. The van der Waals surface area contributed by atoms with E-state index < -0.39 is 5.91 Å². The highest BCUT2D eigenvalue weighted by molar-refractivity contribution is 6.06. The Morgan fingerprint density at radius 3 is 2.35 bits per heavy atom. The van der Waals surface area contributed by atoms with Crippen molar-refractivity contribution in [2.45, 2.75) is 6.92 Å². The maximum absolute atomic E-state index is 12.5. The molecule has 1 aromatic heterocycles. The van der Waals surface area contributed by atoms with Gasteiger partial charge in [0.25, 0.3) is 5.91 Å². The van der Waals surface area contributed by atoms with Gasteiger partial charge in [-0.25, -0.2) is 0 Å². The lowest BCUT2D eigenvalue weighted by Gasteiger charge is -2.10. The number of methoxy groups -OCH3 is 2. The molecule has 0 saturated heterocycles. The molecule has 3 rings (SSSR count). The predicted octanol–water partition coefficient (Wildman–Crippen LogP) is 3.13. The third kappa shape index (κ3) is 3.75. The molecule has 0 aliphatic rings. The molecule has 0 atom stereocenters. The quantitative estimate of drug-likeness (QED) is 0.629. The van der Waals surface area contributed by atoms with Gasteiger partial charge in [0, 0.05) is 17.4 Å². The summed E-state index contributed by atoms with van der Waals surface area (Å²) in [5.41, 5.74) is 2.66. The minimum atomic E-state index is -0.402. The molecule has 0 unspecified atom stereocenters. The van der Waals surface area contributed by atoms with Gasteiger partial charge in [-0.2, -0.15) is 5.21 Å². The minimum Gasteiger partial charge on any atom is -0.493 e. The van der Waals surface area contributed by atoms with Gasteiger partial charge >= 0.3 is 0 Å². The van der Waals surface area contributed by atoms with Crippen LogP contribution in [0.2, 0.25) is 0 Å². The Labute approximate surface area is 150 Å². The summed E-state index contributed by atoms with van der Waals surface area (Å²) in [7, 11) is 3.08. The molecule has 2 aromatic carbocycles. The van der Waals surface area contributed by atoms with Crippen LogP contribution >= 0.6 is 0 Å². The van der Waals surface area contributed by atoms with Crippen molar-refractivity contribution in [2.24, 2.45) is 0 Å². The Balaban J connectivity index is 1.77. The lowest BCUT2D eigenvalue weighted by molar-refractivity contribution is 0.102. The van der Waals surface area contributed by atoms with Crippen LogP contribution in [0, 0.1) is 6.92 Å². The zero-order chi connectivity index (χ0) is 18.5. The average molecular weight is 353 g/mol. The van der Waals surface area contributed by atoms with Crippen molar-refractivity contribution < 1.29 is 14.3 Å². The van der Waals surface area contributed by atoms with Crippen molar-refractivity contribution in [3.63, 3.8) is 0 Å². The first-order valence-electron chi connectivity index (χ1n) is 7.88. The first kappa shape index (κ1) is 17.3. The van der Waals surface area contributed by atoms with Crippen molar-refractivity contribution in [1.82, 2.24) is 15.4 Å². The molecule has 8 heteroatoms. The van der Waals surface area contributed by atoms with E-state index in [0.717, 1.165) is 11.3 Å². The highest BCUT2D eigenvalue weighted by Gasteiger charge is 2.17. The number of aromatic amines is 1. The number of H-pyrrole nitrogens is 1. The molecule has 0 fully saturated rings. The average Bonchev–Trinajstić information content (AvgIpc) is 3.11. The van der Waals surface area contributed by atoms with Gasteiger partial charge in [0.2, 0.25) is 0 Å². The largest absolute Gasteiger partial charge is 0.493 e. The van der Waals surface area contributed by atoms with E-state index in [-0.39, 0.29) is 5.69 Å². The van der Waals surface area contributed by atoms with Crippen molar-refractivity contribution >= 4 is 23.1 Å². The van der Waals surface area contributed by atoms with E-state index in [9.17, 15) is 4.79 Å². The summed E-state index contributed by atoms with van der Waals surface area (Å²) in [5, 5.41) is 16.3. The van der Waals surface area contributed by atoms with Gasteiger partial charge in [-0.15, -0.1) is 10.2 Å². The van der Waals surface area contributed by atoms with Crippen LogP contribution < -0.4 is 20.1 Å². The van der Waals surface area contributed by atoms with E-state index >= 15 is 0 Å². The van der Waals surface area contributed by atoms with E-state index in [2.05, 4.69) is 26.0 Å². The highest BCUT2D eigenvalue weighted by atomic mass is 16.5. The number of amides is 1. The number of carbonyl (C=O) groups is 1. The van der Waals surface area contributed by atoms with E-state index in [4.69, 9.17) is 9.47 Å². The van der Waals surface area contributed by atoms with Crippen LogP contribution in [-0.4, -0.2) is 35.5 Å². The Morgan fingerprint density at radius 2 is 1.65 bits per heavy atom. The number of aryl methyl sites for hydroxylation is 1. The molecule has 0 bridgehead atoms. The Morgan fingerprint density at radius 1 is 0.962 bits per heavy atom. The molecule has 0 spiro atoms. The summed E-state index contributed by atoms with van der Waals surface area (Å²) in [5.74, 6) is 1.03. The summed E-state index contributed by atoms with van der Waals surface area (Å²) < 4.78 is 10.4. The number of rotatable bonds is 6. The second kappa shape index (κ2) is 7.56. The van der Waals surface area contributed by atoms with Crippen molar-refractivity contribution in [1.29, 1.82) is 0 Å². The number of hydrogen-bond acceptors (Lipinski definition) is 6. The molecule has 8 nitrogen and oxygen atoms in total. The summed E-state index contributed by atoms with van der Waals surface area (Å²) in [4.78, 5) is 12.5. The zero-order valence-corrected chi connectivity index (χ0v) is 14.7. The van der Waals surface area contributed by atoms with Crippen molar-refractivity contribution in [3.05, 3.63) is 53.7 Å². The van der Waals surface area contributed by atoms with Gasteiger partial charge in [-0.3, -0.25) is 4.79 Å². The van der Waals surface area contributed by atoms with Crippen LogP contribution in [0.1, 0.15) is 16.1 Å². The molecular formula is C18H19N5O3. The molecular weight excluding hydrogens is 334 g/mol. The number of aromatic nitrogens is 3. The number of carbonyl (C=O) groups excluding carboxylic acids is 1. The Hall–Kier alpha value is -3.55. The third-order valence-corrected chi connectivity index (χ3v) is 3.72. The van der Waals surface area contributed by atoms with Gasteiger partial charge in [0.1, 0.15) is 0 Å². The molecule has 1 heterocycles. The summed E-state index contributed by atoms with van der Waals surface area (Å²) >= 11 is 0. The first-order chi connectivity index (χ1) is 12.6. The fraction of sp³-hybridized carbons (Fsp3) is 0.167. The second-order valence-corrected chi connectivity index (χ2v) is 5.54. The van der Waals surface area contributed by atoms with Crippen molar-refractivity contribution in [3.8, 4) is 11.5 Å². The second-order valence-electron chi connectivity index (χ2n) is 5.54. The van der Waals surface area contributed by atoms with Crippen LogP contribution in [0.25, 0.3) is 0 Å². The number of nitrogens with zero attached hydrogens (tertiary/aromatic N) is 2. The minimum absolute atomic E-state index is 0.153. The lowest BCUT2D eigenvalue weighted by Crippen LogP contribution is -2.14. The Kier molecular flexibility index (Phi) is 5.02. The van der Waals surface area contributed by atoms with E-state index in [1.54, 1.807) is 25.3 Å². The fourth-order valence-corrected chi connectivity index (χ4v) is 2.35. The molecule has 0 aliphatic heterocycles. The van der Waals surface area contributed by atoms with Crippen LogP contribution in [0.15, 0.2) is 42.5 Å². The lowest BCUT2D eigenvalue weighted by atomic mass is 10.2. The van der Waals surface area contributed by atoms with Gasteiger partial charge in [-0.1, -0.05) is 17.7 Å². The van der Waals surface area contributed by atoms with Crippen LogP contribution in [0.3, 0.4) is 0 Å². The third-order valence-electron chi connectivity index (χ3n) is 3.72. The first-order valence-corrected chi connectivity index (χ1v) is 7.88. The maximum Gasteiger partial charge on any atom is 0.280 e. The van der Waals surface area contributed by atoms with E-state index in [1.807, 2.05) is 31.2 Å². The number of benzene rings is 2. The van der Waals surface area contributed by atoms with E-state index in [1.165, 1.54) is 7.11 Å². The summed E-state index contributed by atoms with van der Waals surface area (Å²) in [6, 6.07) is 12.8. The van der Waals surface area contributed by atoms with Crippen molar-refractivity contribution in [2.75, 3.05) is 24.9 Å². The molecule has 3 aromatic rings. The SMILES string of the molecule is COc1ccc(NC(=O)c2n[nH]nc2Nc2ccc(C)cc2)cc1OC. The van der Waals surface area contributed by atoms with Gasteiger partial charge in [0.15, 0.2) is 23.0 Å². The standard InChI is InChI=1S/C18H19N5O3/c1-11-4-6-12(7-5-11)19-17-16(21-23-22-17)18(24)20-13-8-9-14(25-2)15(10-13)26-3/h4-10H,1-3H3,(H,20,24)(H2,19,21,22,23). The fourth-order valence-electron chi connectivity index (χ4n) is 2.35. The highest BCUT2D eigenvalue weighted by Crippen LogP contribution is 2.30. The molecule has 0 saturated carbocycles. The van der Waals surface area contributed by atoms with Crippen LogP contribution in [0.5, 0.6) is 11.5 Å². The molecule has 26 heavy (non-hydrogen) atoms. The van der Waals surface area contributed by atoms with Gasteiger partial charge in [-0.05, 0) is 31.2 Å². The van der Waals surface area contributed by atoms with E-state index in [0.29, 0.717) is 23.0 Å². The summed E-state index contributed by atoms with van der Waals surface area (Å²) in [6.45, 7) is 2.00. The molecule has 0 radical (unpaired) electrons. The molecule has 3 N–H and O–H groups in total. The normalized spacial score (nSPS) is 10.3. The molecule has 0 aliphatic carbocycles. The monoisotopic (exact) mass is 353 g/mol. The van der Waals surface area contributed by atoms with Crippen LogP contribution in [0.4, 0.5) is 17.2 Å². The number of anilines is 3. The zero-order valence-electron chi connectivity index (χ0n) is 14.7. The number of hydrogen-bond donors (Lipinski definition) is 3. The smallest absolute Gasteiger partial charge is 0.280 e. The topological polar surface area (TPSA) is 101 Å². The summed E-state index contributed by atoms with van der Waals surface area (Å²) in [6.07, 6.45) is 0. The van der Waals surface area contributed by atoms with Gasteiger partial charge < -0.3 is 20.1 Å². The number of ether oxygens (including phenoxy) is 2. The molecule has 134 valence electrons.